The number of carbonyl (C=O) groups excluding carboxylic acids is 1. The van der Waals surface area contributed by atoms with Gasteiger partial charge in [0.1, 0.15) is 4.90 Å². The number of rotatable bonds is 4. The van der Waals surface area contributed by atoms with Crippen molar-refractivity contribution >= 4 is 16.2 Å². The number of benzene rings is 2. The number of nitriles is 1. The van der Waals surface area contributed by atoms with Gasteiger partial charge in [-0.25, -0.2) is 4.79 Å². The summed E-state index contributed by atoms with van der Waals surface area (Å²) in [6.45, 7) is 1.31. The Bertz CT molecular complexity index is 871. The molecule has 0 aliphatic heterocycles. The molecular formula is C16H12F5NO2S. The van der Waals surface area contributed by atoms with Crippen molar-refractivity contribution in [2.24, 2.45) is 0 Å². The molecule has 0 saturated carbocycles. The van der Waals surface area contributed by atoms with Gasteiger partial charge in [-0.05, 0) is 42.3 Å². The first-order valence-corrected chi connectivity index (χ1v) is 8.86. The van der Waals surface area contributed by atoms with Crippen LogP contribution in [-0.4, -0.2) is 12.6 Å². The smallest absolute Gasteiger partial charge is 0.338 e. The lowest BCUT2D eigenvalue weighted by molar-refractivity contribution is 0.0527. The van der Waals surface area contributed by atoms with Crippen molar-refractivity contribution in [3.8, 4) is 17.2 Å². The van der Waals surface area contributed by atoms with Gasteiger partial charge in [-0.3, -0.25) is 0 Å². The number of hydrogen-bond acceptors (Lipinski definition) is 3. The highest BCUT2D eigenvalue weighted by Crippen LogP contribution is 3.02. The summed E-state index contributed by atoms with van der Waals surface area (Å²) in [6.07, 6.45) is 0. The maximum Gasteiger partial charge on any atom is 0.338 e. The van der Waals surface area contributed by atoms with Crippen LogP contribution in [0.3, 0.4) is 0 Å². The summed E-state index contributed by atoms with van der Waals surface area (Å²) in [5, 5.41) is 8.77. The number of carbonyl (C=O) groups is 1. The fourth-order valence-corrected chi connectivity index (χ4v) is 2.78. The minimum atomic E-state index is -9.94. The molecule has 0 saturated heterocycles. The zero-order chi connectivity index (χ0) is 18.9. The van der Waals surface area contributed by atoms with Crippen molar-refractivity contribution in [3.63, 3.8) is 0 Å². The third-order valence-corrected chi connectivity index (χ3v) is 4.40. The van der Waals surface area contributed by atoms with Crippen molar-refractivity contribution in [2.75, 3.05) is 6.61 Å². The Morgan fingerprint density at radius 2 is 1.68 bits per heavy atom. The molecule has 0 atom stereocenters. The van der Waals surface area contributed by atoms with E-state index in [0.29, 0.717) is 5.56 Å². The summed E-state index contributed by atoms with van der Waals surface area (Å²) in [4.78, 5) is 9.81. The van der Waals surface area contributed by atoms with Crippen molar-refractivity contribution in [1.29, 1.82) is 5.26 Å². The van der Waals surface area contributed by atoms with E-state index in [1.54, 1.807) is 0 Å². The molecule has 0 aromatic heterocycles. The van der Waals surface area contributed by atoms with E-state index in [1.807, 2.05) is 6.07 Å². The molecule has 2 aromatic rings. The van der Waals surface area contributed by atoms with Gasteiger partial charge < -0.3 is 4.74 Å². The standard InChI is InChI=1S/C16H12F5NO2S/c1-2-24-16(23)15-9-13(25(17,18,19,20)21)7-8-14(15)12-5-3-11(10-22)4-6-12/h3-9H,2H2,1H3. The second-order valence-corrected chi connectivity index (χ2v) is 7.50. The van der Waals surface area contributed by atoms with Crippen molar-refractivity contribution in [1.82, 2.24) is 0 Å². The van der Waals surface area contributed by atoms with Crippen molar-refractivity contribution in [3.05, 3.63) is 53.6 Å². The molecule has 0 fully saturated rings. The minimum Gasteiger partial charge on any atom is -0.462 e. The molecule has 25 heavy (non-hydrogen) atoms. The van der Waals surface area contributed by atoms with E-state index in [9.17, 15) is 24.2 Å². The summed E-state index contributed by atoms with van der Waals surface area (Å²) in [7, 11) is -9.94. The summed E-state index contributed by atoms with van der Waals surface area (Å²) in [5.41, 5.74) is -0.0494. The Morgan fingerprint density at radius 3 is 2.16 bits per heavy atom. The number of halogens is 5. The van der Waals surface area contributed by atoms with Crippen LogP contribution < -0.4 is 0 Å². The molecule has 0 aliphatic carbocycles. The lowest BCUT2D eigenvalue weighted by Crippen LogP contribution is -2.11. The largest absolute Gasteiger partial charge is 0.462 e. The summed E-state index contributed by atoms with van der Waals surface area (Å²) in [5.74, 6) is -1.15. The first kappa shape index (κ1) is 18.7. The number of nitrogens with zero attached hydrogens (tertiary/aromatic N) is 1. The third-order valence-electron chi connectivity index (χ3n) is 3.26. The number of hydrogen-bond donors (Lipinski definition) is 0. The topological polar surface area (TPSA) is 50.1 Å². The Morgan fingerprint density at radius 1 is 1.08 bits per heavy atom. The summed E-state index contributed by atoms with van der Waals surface area (Å²) < 4.78 is 69.8. The van der Waals surface area contributed by atoms with E-state index < -0.39 is 26.7 Å². The Balaban J connectivity index is 2.68. The maximum absolute atomic E-state index is 13.0. The Kier molecular flexibility index (Phi) is 4.09. The highest BCUT2D eigenvalue weighted by Gasteiger charge is 2.65. The van der Waals surface area contributed by atoms with E-state index in [-0.39, 0.29) is 29.9 Å². The second kappa shape index (κ2) is 5.46. The van der Waals surface area contributed by atoms with Gasteiger partial charge in [-0.1, -0.05) is 37.6 Å². The zero-order valence-electron chi connectivity index (χ0n) is 12.8. The van der Waals surface area contributed by atoms with Gasteiger partial charge in [0.15, 0.2) is 0 Å². The van der Waals surface area contributed by atoms with E-state index >= 15 is 0 Å². The normalized spacial score (nSPS) is 14.1. The number of esters is 1. The van der Waals surface area contributed by atoms with Gasteiger partial charge in [0, 0.05) is 0 Å². The van der Waals surface area contributed by atoms with Crippen LogP contribution >= 0.6 is 10.2 Å². The molecule has 0 aliphatic rings. The van der Waals surface area contributed by atoms with Gasteiger partial charge in [0.25, 0.3) is 0 Å². The van der Waals surface area contributed by atoms with Crippen LogP contribution in [0.2, 0.25) is 0 Å². The molecular weight excluding hydrogens is 365 g/mol. The fourth-order valence-electron chi connectivity index (χ4n) is 2.12. The van der Waals surface area contributed by atoms with Gasteiger partial charge in [-0.15, -0.1) is 0 Å². The van der Waals surface area contributed by atoms with Gasteiger partial charge in [-0.2, -0.15) is 5.26 Å². The predicted molar refractivity (Wildman–Crippen MR) is 83.9 cm³/mol. The zero-order valence-corrected chi connectivity index (χ0v) is 13.6. The Hall–Kier alpha value is -2.60. The highest BCUT2D eigenvalue weighted by atomic mass is 32.5. The molecule has 0 spiro atoms. The monoisotopic (exact) mass is 377 g/mol. The molecule has 3 nitrogen and oxygen atoms in total. The molecule has 0 radical (unpaired) electrons. The SMILES string of the molecule is CCOC(=O)c1cc(S(F)(F)(F)(F)F)ccc1-c1ccc(C#N)cc1. The van der Waals surface area contributed by atoms with E-state index in [1.165, 1.54) is 31.2 Å². The van der Waals surface area contributed by atoms with Gasteiger partial charge in [0.2, 0.25) is 0 Å². The van der Waals surface area contributed by atoms with Crippen LogP contribution in [0.5, 0.6) is 0 Å². The quantitative estimate of drug-likeness (QED) is 0.481. The van der Waals surface area contributed by atoms with Crippen LogP contribution in [0.15, 0.2) is 47.4 Å². The minimum absolute atomic E-state index is 0.00598. The molecule has 134 valence electrons. The lowest BCUT2D eigenvalue weighted by Gasteiger charge is -2.40. The molecule has 9 heteroatoms. The second-order valence-electron chi connectivity index (χ2n) is 5.09. The van der Waals surface area contributed by atoms with E-state index in [2.05, 4.69) is 4.74 Å². The third kappa shape index (κ3) is 4.28. The Labute approximate surface area is 140 Å². The highest BCUT2D eigenvalue weighted by molar-refractivity contribution is 8.45. The molecule has 0 heterocycles. The summed E-state index contributed by atoms with van der Waals surface area (Å²) >= 11 is 0. The average Bonchev–Trinajstić information content (AvgIpc) is 2.52. The molecule has 0 amide bonds. The first-order valence-electron chi connectivity index (χ1n) is 6.91. The molecule has 0 unspecified atom stereocenters. The molecule has 0 bridgehead atoms. The van der Waals surface area contributed by atoms with Crippen LogP contribution in [0.25, 0.3) is 11.1 Å². The van der Waals surface area contributed by atoms with E-state index in [0.717, 1.165) is 6.07 Å². The van der Waals surface area contributed by atoms with Crippen LogP contribution in [0.1, 0.15) is 22.8 Å². The first-order chi connectivity index (χ1) is 11.4. The van der Waals surface area contributed by atoms with Gasteiger partial charge >= 0.3 is 16.2 Å². The van der Waals surface area contributed by atoms with Crippen LogP contribution in [0.4, 0.5) is 19.4 Å². The van der Waals surface area contributed by atoms with Crippen molar-refractivity contribution in [2.45, 2.75) is 11.8 Å². The molecule has 2 rings (SSSR count). The lowest BCUT2D eigenvalue weighted by atomic mass is 9.99. The maximum atomic E-state index is 13.0. The molecule has 0 N–H and O–H groups in total. The number of ether oxygens (including phenoxy) is 1. The van der Waals surface area contributed by atoms with Crippen LogP contribution in [-0.2, 0) is 4.74 Å². The summed E-state index contributed by atoms with van der Waals surface area (Å²) in [6, 6.07) is 8.58. The average molecular weight is 377 g/mol. The predicted octanol–water partition coefficient (Wildman–Crippen LogP) is 6.06. The van der Waals surface area contributed by atoms with Crippen molar-refractivity contribution < 1.29 is 29.0 Å². The van der Waals surface area contributed by atoms with Crippen LogP contribution in [0, 0.1) is 11.3 Å². The molecule has 2 aromatic carbocycles. The fraction of sp³-hybridized carbons (Fsp3) is 0.125. The van der Waals surface area contributed by atoms with Gasteiger partial charge in [0.05, 0.1) is 23.8 Å². The van der Waals surface area contributed by atoms with E-state index in [4.69, 9.17) is 5.26 Å².